The summed E-state index contributed by atoms with van der Waals surface area (Å²) in [4.78, 5) is 36.1. The van der Waals surface area contributed by atoms with Crippen molar-refractivity contribution in [1.82, 2.24) is 4.90 Å². The van der Waals surface area contributed by atoms with Crippen LogP contribution in [0.3, 0.4) is 0 Å². The number of carbonyl (C=O) groups is 3. The van der Waals surface area contributed by atoms with Crippen LogP contribution >= 0.6 is 23.4 Å². The Kier molecular flexibility index (Phi) is 5.47. The Morgan fingerprint density at radius 2 is 2.05 bits per heavy atom. The fourth-order valence-electron chi connectivity index (χ4n) is 2.57. The lowest BCUT2D eigenvalue weighted by Gasteiger charge is -2.27. The average Bonchev–Trinajstić information content (AvgIpc) is 2.76. The number of nitrogens with zero attached hydrogens (tertiary/aromatic N) is 1. The molecule has 0 aromatic heterocycles. The molecule has 118 valence electrons. The van der Waals surface area contributed by atoms with Crippen molar-refractivity contribution in [2.45, 2.75) is 31.1 Å². The molecule has 0 aliphatic carbocycles. The normalized spacial score (nSPS) is 19.3. The van der Waals surface area contributed by atoms with Gasteiger partial charge in [-0.1, -0.05) is 35.5 Å². The number of thioether (sulfide) groups is 1. The van der Waals surface area contributed by atoms with Gasteiger partial charge in [0.2, 0.25) is 5.91 Å². The van der Waals surface area contributed by atoms with E-state index < -0.39 is 12.0 Å². The van der Waals surface area contributed by atoms with Gasteiger partial charge in [0.1, 0.15) is 0 Å². The van der Waals surface area contributed by atoms with Crippen molar-refractivity contribution < 1.29 is 19.5 Å². The molecular formula is C15H16ClNO4S. The number of halogens is 1. The second-order valence-electron chi connectivity index (χ2n) is 5.15. The molecule has 0 saturated carbocycles. The molecular weight excluding hydrogens is 326 g/mol. The van der Waals surface area contributed by atoms with Gasteiger partial charge in [0.25, 0.3) is 0 Å². The van der Waals surface area contributed by atoms with Crippen molar-refractivity contribution in [3.05, 3.63) is 34.9 Å². The lowest BCUT2D eigenvalue weighted by Crippen LogP contribution is -2.32. The molecule has 22 heavy (non-hydrogen) atoms. The zero-order valence-corrected chi connectivity index (χ0v) is 13.6. The highest BCUT2D eigenvalue weighted by Crippen LogP contribution is 2.33. The molecule has 1 heterocycles. The third-order valence-corrected chi connectivity index (χ3v) is 4.69. The van der Waals surface area contributed by atoms with Crippen LogP contribution in [0.5, 0.6) is 0 Å². The van der Waals surface area contributed by atoms with E-state index in [1.807, 2.05) is 0 Å². The number of aliphatic carboxylic acids is 1. The van der Waals surface area contributed by atoms with Gasteiger partial charge in [-0.05, 0) is 17.7 Å². The van der Waals surface area contributed by atoms with Gasteiger partial charge < -0.3 is 10.0 Å². The van der Waals surface area contributed by atoms with Crippen LogP contribution in [0.4, 0.5) is 0 Å². The molecule has 5 nitrogen and oxygen atoms in total. The second-order valence-corrected chi connectivity index (χ2v) is 7.06. The van der Waals surface area contributed by atoms with E-state index in [9.17, 15) is 14.4 Å². The SMILES string of the molecule is CC(=O)SC1CC(=O)N(C(CC(=O)O)c2ccc(Cl)cc2)C1. The van der Waals surface area contributed by atoms with Crippen molar-refractivity contribution >= 4 is 40.4 Å². The monoisotopic (exact) mass is 341 g/mol. The topological polar surface area (TPSA) is 74.7 Å². The number of benzene rings is 1. The minimum Gasteiger partial charge on any atom is -0.481 e. The minimum atomic E-state index is -0.976. The van der Waals surface area contributed by atoms with Gasteiger partial charge in [-0.15, -0.1) is 0 Å². The summed E-state index contributed by atoms with van der Waals surface area (Å²) in [6.07, 6.45) is 0.0821. The molecule has 2 rings (SSSR count). The molecule has 2 unspecified atom stereocenters. The summed E-state index contributed by atoms with van der Waals surface area (Å²) in [6.45, 7) is 1.84. The number of carboxylic acids is 1. The maximum atomic E-state index is 12.2. The molecule has 1 N–H and O–H groups in total. The highest BCUT2D eigenvalue weighted by molar-refractivity contribution is 8.14. The van der Waals surface area contributed by atoms with Gasteiger partial charge in [-0.25, -0.2) is 0 Å². The van der Waals surface area contributed by atoms with Gasteiger partial charge in [0.05, 0.1) is 12.5 Å². The van der Waals surface area contributed by atoms with E-state index in [4.69, 9.17) is 16.7 Å². The summed E-state index contributed by atoms with van der Waals surface area (Å²) < 4.78 is 0. The standard InChI is InChI=1S/C15H16ClNO4S/c1-9(18)22-12-6-14(19)17(8-12)13(7-15(20)21)10-2-4-11(16)5-3-10/h2-5,12-13H,6-8H2,1H3,(H,20,21). The zero-order chi connectivity index (χ0) is 16.3. The van der Waals surface area contributed by atoms with E-state index in [-0.39, 0.29) is 29.1 Å². The molecule has 0 spiro atoms. The first-order valence-electron chi connectivity index (χ1n) is 6.80. The summed E-state index contributed by atoms with van der Waals surface area (Å²) in [7, 11) is 0. The molecule has 2 atom stereocenters. The van der Waals surface area contributed by atoms with E-state index in [2.05, 4.69) is 0 Å². The number of likely N-dealkylation sites (tertiary alicyclic amines) is 1. The van der Waals surface area contributed by atoms with Crippen LogP contribution in [0.15, 0.2) is 24.3 Å². The Balaban J connectivity index is 2.22. The molecule has 0 radical (unpaired) electrons. The molecule has 1 fully saturated rings. The molecule has 1 amide bonds. The third-order valence-electron chi connectivity index (χ3n) is 3.45. The highest BCUT2D eigenvalue weighted by Gasteiger charge is 2.36. The highest BCUT2D eigenvalue weighted by atomic mass is 35.5. The molecule has 1 aromatic carbocycles. The average molecular weight is 342 g/mol. The predicted molar refractivity (Wildman–Crippen MR) is 84.8 cm³/mol. The van der Waals surface area contributed by atoms with E-state index in [0.717, 1.165) is 17.3 Å². The Morgan fingerprint density at radius 1 is 1.41 bits per heavy atom. The van der Waals surface area contributed by atoms with Crippen LogP contribution in [0.25, 0.3) is 0 Å². The number of hydrogen-bond donors (Lipinski definition) is 1. The first-order valence-corrected chi connectivity index (χ1v) is 8.06. The third kappa shape index (κ3) is 4.24. The second kappa shape index (κ2) is 7.15. The minimum absolute atomic E-state index is 0.0408. The van der Waals surface area contributed by atoms with E-state index in [1.54, 1.807) is 29.2 Å². The van der Waals surface area contributed by atoms with E-state index in [0.29, 0.717) is 11.6 Å². The summed E-state index contributed by atoms with van der Waals surface area (Å²) in [5.74, 6) is -1.10. The number of carbonyl (C=O) groups excluding carboxylic acids is 2. The molecule has 1 aliphatic rings. The van der Waals surface area contributed by atoms with Crippen LogP contribution in [0.2, 0.25) is 5.02 Å². The van der Waals surface area contributed by atoms with Gasteiger partial charge in [-0.2, -0.15) is 0 Å². The van der Waals surface area contributed by atoms with Crippen molar-refractivity contribution in [3.63, 3.8) is 0 Å². The summed E-state index contributed by atoms with van der Waals surface area (Å²) in [6, 6.07) is 6.27. The van der Waals surface area contributed by atoms with Crippen LogP contribution in [-0.2, 0) is 14.4 Å². The van der Waals surface area contributed by atoms with Gasteiger partial charge in [0.15, 0.2) is 5.12 Å². The van der Waals surface area contributed by atoms with Crippen LogP contribution in [0.1, 0.15) is 31.4 Å². The molecule has 1 saturated heterocycles. The fraction of sp³-hybridized carbons (Fsp3) is 0.400. The fourth-order valence-corrected chi connectivity index (χ4v) is 3.63. The Hall–Kier alpha value is -1.53. The molecule has 7 heteroatoms. The quantitative estimate of drug-likeness (QED) is 0.891. The predicted octanol–water partition coefficient (Wildman–Crippen LogP) is 2.74. The number of rotatable bonds is 5. The van der Waals surface area contributed by atoms with Crippen molar-refractivity contribution in [2.75, 3.05) is 6.54 Å². The number of hydrogen-bond acceptors (Lipinski definition) is 4. The van der Waals surface area contributed by atoms with Crippen LogP contribution in [-0.4, -0.2) is 38.8 Å². The lowest BCUT2D eigenvalue weighted by atomic mass is 10.0. The Morgan fingerprint density at radius 3 is 2.59 bits per heavy atom. The maximum Gasteiger partial charge on any atom is 0.305 e. The van der Waals surface area contributed by atoms with Crippen LogP contribution < -0.4 is 0 Å². The maximum absolute atomic E-state index is 12.2. The Labute approximate surface area is 137 Å². The number of carboxylic acid groups (broad SMARTS) is 1. The zero-order valence-electron chi connectivity index (χ0n) is 12.0. The van der Waals surface area contributed by atoms with Gasteiger partial charge in [-0.3, -0.25) is 14.4 Å². The molecule has 1 aromatic rings. The van der Waals surface area contributed by atoms with Crippen molar-refractivity contribution in [3.8, 4) is 0 Å². The number of amides is 1. The van der Waals surface area contributed by atoms with E-state index in [1.165, 1.54) is 6.92 Å². The van der Waals surface area contributed by atoms with Crippen molar-refractivity contribution in [2.24, 2.45) is 0 Å². The summed E-state index contributed by atoms with van der Waals surface area (Å²) in [5, 5.41) is 9.53. The first-order chi connectivity index (χ1) is 10.4. The van der Waals surface area contributed by atoms with Gasteiger partial charge in [0, 0.05) is 30.2 Å². The van der Waals surface area contributed by atoms with Crippen molar-refractivity contribution in [1.29, 1.82) is 0 Å². The molecule has 0 bridgehead atoms. The smallest absolute Gasteiger partial charge is 0.305 e. The lowest BCUT2D eigenvalue weighted by molar-refractivity contribution is -0.140. The largest absolute Gasteiger partial charge is 0.481 e. The Bertz CT molecular complexity index is 590. The first kappa shape index (κ1) is 16.8. The van der Waals surface area contributed by atoms with E-state index >= 15 is 0 Å². The van der Waals surface area contributed by atoms with Crippen LogP contribution in [0, 0.1) is 0 Å². The summed E-state index contributed by atoms with van der Waals surface area (Å²) >= 11 is 6.99. The summed E-state index contributed by atoms with van der Waals surface area (Å²) in [5.41, 5.74) is 0.730. The van der Waals surface area contributed by atoms with Gasteiger partial charge >= 0.3 is 5.97 Å². The molecule has 1 aliphatic heterocycles.